The van der Waals surface area contributed by atoms with Gasteiger partial charge in [-0.1, -0.05) is 12.2 Å². The average Bonchev–Trinajstić information content (AvgIpc) is 2.93. The number of ether oxygens (including phenoxy) is 3. The van der Waals surface area contributed by atoms with Crippen molar-refractivity contribution in [3.63, 3.8) is 0 Å². The molecule has 0 saturated heterocycles. The normalized spacial score (nSPS) is 16.5. The van der Waals surface area contributed by atoms with Crippen molar-refractivity contribution < 1.29 is 28.7 Å². The number of carbonyl (C=O) groups is 2. The lowest BCUT2D eigenvalue weighted by Gasteiger charge is -2.29. The van der Waals surface area contributed by atoms with Gasteiger partial charge in [-0.05, 0) is 38.1 Å². The molecule has 0 aromatic heterocycles. The Morgan fingerprint density at radius 3 is 2.43 bits per heavy atom. The van der Waals surface area contributed by atoms with Crippen LogP contribution in [0.25, 0.3) is 6.08 Å². The summed E-state index contributed by atoms with van der Waals surface area (Å²) in [5.41, 5.74) is -0.591. The molecule has 0 amide bonds. The van der Waals surface area contributed by atoms with Gasteiger partial charge in [0, 0.05) is 11.8 Å². The number of nitro benzene ring substituents is 1. The number of benzene rings is 1. The van der Waals surface area contributed by atoms with Crippen LogP contribution in [0.4, 0.5) is 11.4 Å². The molecule has 9 heteroatoms. The zero-order valence-electron chi connectivity index (χ0n) is 16.9. The Bertz CT molecular complexity index is 1050. The van der Waals surface area contributed by atoms with Gasteiger partial charge in [0.1, 0.15) is 22.7 Å². The van der Waals surface area contributed by atoms with Crippen molar-refractivity contribution >= 4 is 29.4 Å². The highest BCUT2D eigenvalue weighted by Crippen LogP contribution is 2.42. The maximum atomic E-state index is 12.6. The first-order valence-corrected chi connectivity index (χ1v) is 8.94. The SMILES string of the molecule is COC(=O)C1=C(C(=O)OC)N(c2cc3c(cc2[N+](=O)[O-])OC(C)(C)C=C3)C=CC=C1. The molecule has 0 atom stereocenters. The summed E-state index contributed by atoms with van der Waals surface area (Å²) in [5.74, 6) is -1.30. The van der Waals surface area contributed by atoms with E-state index in [1.165, 1.54) is 48.6 Å². The summed E-state index contributed by atoms with van der Waals surface area (Å²) in [6, 6.07) is 2.82. The van der Waals surface area contributed by atoms with Gasteiger partial charge in [0.2, 0.25) is 0 Å². The second kappa shape index (κ2) is 7.86. The Labute approximate surface area is 172 Å². The van der Waals surface area contributed by atoms with Crippen LogP contribution in [0.1, 0.15) is 19.4 Å². The van der Waals surface area contributed by atoms with Gasteiger partial charge in [-0.2, -0.15) is 0 Å². The van der Waals surface area contributed by atoms with E-state index in [0.717, 1.165) is 7.11 Å². The van der Waals surface area contributed by atoms with E-state index in [0.29, 0.717) is 11.3 Å². The summed E-state index contributed by atoms with van der Waals surface area (Å²) in [5, 5.41) is 11.9. The fraction of sp³-hybridized carbons (Fsp3) is 0.238. The van der Waals surface area contributed by atoms with Crippen molar-refractivity contribution in [1.29, 1.82) is 0 Å². The predicted molar refractivity (Wildman–Crippen MR) is 109 cm³/mol. The van der Waals surface area contributed by atoms with Crippen molar-refractivity contribution in [3.8, 4) is 5.75 Å². The molecule has 2 aliphatic heterocycles. The second-order valence-corrected chi connectivity index (χ2v) is 6.99. The van der Waals surface area contributed by atoms with E-state index in [9.17, 15) is 19.7 Å². The van der Waals surface area contributed by atoms with Crippen molar-refractivity contribution in [1.82, 2.24) is 0 Å². The molecule has 0 bridgehead atoms. The number of nitro groups is 1. The molecule has 0 unspecified atom stereocenters. The van der Waals surface area contributed by atoms with Crippen LogP contribution in [-0.4, -0.2) is 36.7 Å². The fourth-order valence-corrected chi connectivity index (χ4v) is 3.09. The van der Waals surface area contributed by atoms with Gasteiger partial charge in [0.15, 0.2) is 0 Å². The van der Waals surface area contributed by atoms with Crippen molar-refractivity contribution in [2.75, 3.05) is 19.1 Å². The molecule has 0 N–H and O–H groups in total. The molecule has 0 spiro atoms. The van der Waals surface area contributed by atoms with Crippen LogP contribution in [0.5, 0.6) is 5.75 Å². The number of fused-ring (bicyclic) bond motifs is 1. The largest absolute Gasteiger partial charge is 0.483 e. The predicted octanol–water partition coefficient (Wildman–Crippen LogP) is 3.27. The molecule has 0 aliphatic carbocycles. The van der Waals surface area contributed by atoms with E-state index in [-0.39, 0.29) is 22.6 Å². The molecule has 30 heavy (non-hydrogen) atoms. The van der Waals surface area contributed by atoms with Gasteiger partial charge in [-0.3, -0.25) is 10.1 Å². The first kappa shape index (κ1) is 20.8. The maximum absolute atomic E-state index is 12.6. The first-order valence-electron chi connectivity index (χ1n) is 8.94. The minimum Gasteiger partial charge on any atom is -0.483 e. The Morgan fingerprint density at radius 2 is 1.80 bits per heavy atom. The quantitative estimate of drug-likeness (QED) is 0.421. The number of hydrogen-bond donors (Lipinski definition) is 0. The summed E-state index contributed by atoms with van der Waals surface area (Å²) < 4.78 is 15.4. The summed E-state index contributed by atoms with van der Waals surface area (Å²) in [6.07, 6.45) is 9.48. The Hall–Kier alpha value is -3.88. The van der Waals surface area contributed by atoms with E-state index >= 15 is 0 Å². The minimum absolute atomic E-state index is 0.0634. The van der Waals surface area contributed by atoms with E-state index in [2.05, 4.69) is 0 Å². The topological polar surface area (TPSA) is 108 Å². The first-order chi connectivity index (χ1) is 14.2. The highest BCUT2D eigenvalue weighted by Gasteiger charge is 2.33. The summed E-state index contributed by atoms with van der Waals surface area (Å²) in [4.78, 5) is 37.4. The average molecular weight is 412 g/mol. The molecule has 0 saturated carbocycles. The molecular weight excluding hydrogens is 392 g/mol. The van der Waals surface area contributed by atoms with Crippen LogP contribution in [0.3, 0.4) is 0 Å². The van der Waals surface area contributed by atoms with Gasteiger partial charge in [0.05, 0.1) is 30.8 Å². The summed E-state index contributed by atoms with van der Waals surface area (Å²) in [6.45, 7) is 3.66. The van der Waals surface area contributed by atoms with Crippen molar-refractivity contribution in [2.45, 2.75) is 19.4 Å². The Kier molecular flexibility index (Phi) is 5.46. The molecular formula is C21H20N2O7. The molecule has 1 aromatic rings. The summed E-state index contributed by atoms with van der Waals surface area (Å²) in [7, 11) is 2.33. The third-order valence-electron chi connectivity index (χ3n) is 4.49. The lowest BCUT2D eigenvalue weighted by atomic mass is 10.0. The monoisotopic (exact) mass is 412 g/mol. The zero-order valence-corrected chi connectivity index (χ0v) is 16.9. The molecule has 0 fully saturated rings. The number of methoxy groups -OCH3 is 2. The molecule has 9 nitrogen and oxygen atoms in total. The van der Waals surface area contributed by atoms with Crippen molar-refractivity contribution in [3.05, 3.63) is 69.6 Å². The Morgan fingerprint density at radius 1 is 1.10 bits per heavy atom. The van der Waals surface area contributed by atoms with E-state index in [4.69, 9.17) is 14.2 Å². The number of anilines is 1. The standard InChI is InChI=1S/C21H20N2O7/c1-21(2)9-8-13-11-15(16(23(26)27)12-17(13)30-21)22-10-6-5-7-14(19(24)28-3)18(22)20(25)29-4/h5-12H,1-4H3. The number of esters is 2. The van der Waals surface area contributed by atoms with E-state index < -0.39 is 22.5 Å². The number of rotatable bonds is 4. The smallest absolute Gasteiger partial charge is 0.355 e. The van der Waals surface area contributed by atoms with Crippen LogP contribution in [0.2, 0.25) is 0 Å². The van der Waals surface area contributed by atoms with Gasteiger partial charge in [0.25, 0.3) is 5.69 Å². The van der Waals surface area contributed by atoms with E-state index in [1.807, 2.05) is 19.9 Å². The second-order valence-electron chi connectivity index (χ2n) is 6.99. The molecule has 1 aromatic carbocycles. The number of carbonyl (C=O) groups excluding carboxylic acids is 2. The molecule has 2 aliphatic rings. The maximum Gasteiger partial charge on any atom is 0.355 e. The van der Waals surface area contributed by atoms with Crippen LogP contribution >= 0.6 is 0 Å². The van der Waals surface area contributed by atoms with Gasteiger partial charge in [-0.25, -0.2) is 9.59 Å². The zero-order chi connectivity index (χ0) is 22.1. The van der Waals surface area contributed by atoms with Crippen molar-refractivity contribution in [2.24, 2.45) is 0 Å². The Balaban J connectivity index is 2.28. The number of allylic oxidation sites excluding steroid dienone is 2. The minimum atomic E-state index is -0.855. The lowest BCUT2D eigenvalue weighted by Crippen LogP contribution is -2.29. The molecule has 3 rings (SSSR count). The molecule has 0 radical (unpaired) electrons. The number of nitrogens with zero attached hydrogens (tertiary/aromatic N) is 2. The van der Waals surface area contributed by atoms with Gasteiger partial charge in [-0.15, -0.1) is 0 Å². The highest BCUT2D eigenvalue weighted by atomic mass is 16.6. The van der Waals surface area contributed by atoms with Gasteiger partial charge < -0.3 is 19.1 Å². The number of hydrogen-bond acceptors (Lipinski definition) is 8. The molecule has 156 valence electrons. The fourth-order valence-electron chi connectivity index (χ4n) is 3.09. The lowest BCUT2D eigenvalue weighted by molar-refractivity contribution is -0.384. The third kappa shape index (κ3) is 3.82. The van der Waals surface area contributed by atoms with Crippen LogP contribution in [0.15, 0.2) is 53.9 Å². The third-order valence-corrected chi connectivity index (χ3v) is 4.49. The highest BCUT2D eigenvalue weighted by molar-refractivity contribution is 6.06. The van der Waals surface area contributed by atoms with Gasteiger partial charge >= 0.3 is 11.9 Å². The molecule has 2 heterocycles. The van der Waals surface area contributed by atoms with Crippen LogP contribution in [0, 0.1) is 10.1 Å². The van der Waals surface area contributed by atoms with E-state index in [1.54, 1.807) is 6.08 Å². The van der Waals surface area contributed by atoms with Crippen LogP contribution in [-0.2, 0) is 19.1 Å². The van der Waals surface area contributed by atoms with Crippen LogP contribution < -0.4 is 9.64 Å². The summed E-state index contributed by atoms with van der Waals surface area (Å²) >= 11 is 0.